The second kappa shape index (κ2) is 9.40. The second-order valence-corrected chi connectivity index (χ2v) is 7.29. The zero-order chi connectivity index (χ0) is 19.2. The van der Waals surface area contributed by atoms with E-state index in [0.717, 1.165) is 11.3 Å². The summed E-state index contributed by atoms with van der Waals surface area (Å²) in [5, 5.41) is 1.19. The number of morpholine rings is 1. The number of pyridine rings is 1. The van der Waals surface area contributed by atoms with Crippen LogP contribution >= 0.6 is 23.2 Å². The van der Waals surface area contributed by atoms with Gasteiger partial charge in [-0.15, -0.1) is 0 Å². The van der Waals surface area contributed by atoms with Crippen LogP contribution in [0.4, 0.5) is 0 Å². The Balaban J connectivity index is 1.49. The first kappa shape index (κ1) is 19.9. The summed E-state index contributed by atoms with van der Waals surface area (Å²) < 4.78 is 11.5. The summed E-state index contributed by atoms with van der Waals surface area (Å²) in [4.78, 5) is 18.6. The van der Waals surface area contributed by atoms with Crippen molar-refractivity contribution in [2.24, 2.45) is 0 Å². The van der Waals surface area contributed by atoms with Gasteiger partial charge < -0.3 is 14.4 Å². The first-order chi connectivity index (χ1) is 13.0. The van der Waals surface area contributed by atoms with Gasteiger partial charge in [-0.3, -0.25) is 9.78 Å². The zero-order valence-corrected chi connectivity index (χ0v) is 16.7. The van der Waals surface area contributed by atoms with Crippen LogP contribution in [-0.4, -0.2) is 48.2 Å². The zero-order valence-electron chi connectivity index (χ0n) is 15.2. The number of rotatable bonds is 6. The summed E-state index contributed by atoms with van der Waals surface area (Å²) in [5.74, 6) is 0.761. The molecule has 0 spiro atoms. The van der Waals surface area contributed by atoms with Gasteiger partial charge in [0, 0.05) is 28.7 Å². The van der Waals surface area contributed by atoms with Crippen molar-refractivity contribution < 1.29 is 14.3 Å². The molecule has 0 N–H and O–H groups in total. The molecule has 144 valence electrons. The van der Waals surface area contributed by atoms with Gasteiger partial charge >= 0.3 is 0 Å². The van der Waals surface area contributed by atoms with Crippen molar-refractivity contribution in [1.82, 2.24) is 9.88 Å². The Hall–Kier alpha value is -1.82. The molecule has 1 aliphatic rings. The highest BCUT2D eigenvalue weighted by molar-refractivity contribution is 6.36. The Morgan fingerprint density at radius 3 is 2.78 bits per heavy atom. The molecule has 27 heavy (non-hydrogen) atoms. The summed E-state index contributed by atoms with van der Waals surface area (Å²) in [6.07, 6.45) is 2.41. The fraction of sp³-hybridized carbons (Fsp3) is 0.400. The normalized spacial score (nSPS) is 17.0. The second-order valence-electron chi connectivity index (χ2n) is 6.48. The smallest absolute Gasteiger partial charge is 0.223 e. The lowest BCUT2D eigenvalue weighted by molar-refractivity contribution is -0.139. The number of nitrogens with zero attached hydrogens (tertiary/aromatic N) is 2. The fourth-order valence-corrected chi connectivity index (χ4v) is 3.52. The molecular weight excluding hydrogens is 387 g/mol. The lowest BCUT2D eigenvalue weighted by Crippen LogP contribution is -2.47. The van der Waals surface area contributed by atoms with Crippen LogP contribution in [0.3, 0.4) is 0 Å². The van der Waals surface area contributed by atoms with Crippen molar-refractivity contribution in [2.75, 3.05) is 26.3 Å². The summed E-state index contributed by atoms with van der Waals surface area (Å²) in [5.41, 5.74) is 1.75. The first-order valence-corrected chi connectivity index (χ1v) is 9.66. The lowest BCUT2D eigenvalue weighted by Gasteiger charge is -2.33. The largest absolute Gasteiger partial charge is 0.489 e. The molecule has 0 radical (unpaired) electrons. The van der Waals surface area contributed by atoms with Gasteiger partial charge in [-0.05, 0) is 43.2 Å². The number of carbonyl (C=O) groups excluding carboxylic acids is 1. The minimum atomic E-state index is -0.159. The van der Waals surface area contributed by atoms with Gasteiger partial charge in [0.25, 0.3) is 0 Å². The van der Waals surface area contributed by atoms with Crippen LogP contribution in [0.15, 0.2) is 36.5 Å². The molecule has 7 heteroatoms. The predicted molar refractivity (Wildman–Crippen MR) is 106 cm³/mol. The van der Waals surface area contributed by atoms with Crippen molar-refractivity contribution in [1.29, 1.82) is 0 Å². The van der Waals surface area contributed by atoms with Crippen molar-refractivity contribution in [3.8, 4) is 5.75 Å². The van der Waals surface area contributed by atoms with E-state index in [4.69, 9.17) is 32.7 Å². The molecule has 2 aromatic rings. The average Bonchev–Trinajstić information content (AvgIpc) is 2.67. The highest BCUT2D eigenvalue weighted by Gasteiger charge is 2.25. The third kappa shape index (κ3) is 5.58. The van der Waals surface area contributed by atoms with Crippen molar-refractivity contribution in [2.45, 2.75) is 25.9 Å². The van der Waals surface area contributed by atoms with Crippen LogP contribution in [0.1, 0.15) is 17.7 Å². The third-order valence-corrected chi connectivity index (χ3v) is 5.17. The van der Waals surface area contributed by atoms with E-state index >= 15 is 0 Å². The molecule has 5 nitrogen and oxygen atoms in total. The number of benzene rings is 1. The molecule has 1 unspecified atom stereocenters. The maximum absolute atomic E-state index is 12.6. The first-order valence-electron chi connectivity index (χ1n) is 8.90. The number of amides is 1. The number of hydrogen-bond donors (Lipinski definition) is 0. The van der Waals surface area contributed by atoms with E-state index in [0.29, 0.717) is 54.9 Å². The van der Waals surface area contributed by atoms with Gasteiger partial charge in [-0.1, -0.05) is 29.3 Å². The SMILES string of the molecule is Cc1ccc(OCC2CN(C(=O)CCc3c(Cl)cccc3Cl)CCO2)cn1. The van der Waals surface area contributed by atoms with E-state index in [-0.39, 0.29) is 12.0 Å². The lowest BCUT2D eigenvalue weighted by atomic mass is 10.1. The molecule has 1 aromatic carbocycles. The number of hydrogen-bond acceptors (Lipinski definition) is 4. The monoisotopic (exact) mass is 408 g/mol. The molecular formula is C20H22Cl2N2O3. The Morgan fingerprint density at radius 2 is 2.07 bits per heavy atom. The van der Waals surface area contributed by atoms with E-state index in [1.165, 1.54) is 0 Å². The Morgan fingerprint density at radius 1 is 1.30 bits per heavy atom. The number of ether oxygens (including phenoxy) is 2. The van der Waals surface area contributed by atoms with Crippen LogP contribution in [0.2, 0.25) is 10.0 Å². The number of aromatic nitrogens is 1. The Labute approximate surface area is 169 Å². The van der Waals surface area contributed by atoms with Crippen LogP contribution in [-0.2, 0) is 16.0 Å². The van der Waals surface area contributed by atoms with Gasteiger partial charge in [0.15, 0.2) is 0 Å². The van der Waals surface area contributed by atoms with Gasteiger partial charge in [0.1, 0.15) is 18.5 Å². The van der Waals surface area contributed by atoms with E-state index in [1.807, 2.05) is 24.0 Å². The molecule has 1 amide bonds. The highest BCUT2D eigenvalue weighted by atomic mass is 35.5. The molecule has 1 saturated heterocycles. The molecule has 1 aliphatic heterocycles. The summed E-state index contributed by atoms with van der Waals surface area (Å²) in [6, 6.07) is 9.14. The van der Waals surface area contributed by atoms with Crippen LogP contribution < -0.4 is 4.74 Å². The number of halogens is 2. The van der Waals surface area contributed by atoms with Crippen molar-refractivity contribution in [3.63, 3.8) is 0 Å². The summed E-state index contributed by atoms with van der Waals surface area (Å²) >= 11 is 12.4. The molecule has 0 saturated carbocycles. The molecule has 2 heterocycles. The van der Waals surface area contributed by atoms with E-state index in [9.17, 15) is 4.79 Å². The maximum Gasteiger partial charge on any atom is 0.223 e. The molecule has 1 aromatic heterocycles. The minimum absolute atomic E-state index is 0.0660. The third-order valence-electron chi connectivity index (χ3n) is 4.46. The Kier molecular flexibility index (Phi) is 6.94. The predicted octanol–water partition coefficient (Wildman–Crippen LogP) is 3.94. The van der Waals surface area contributed by atoms with E-state index in [2.05, 4.69) is 4.98 Å². The number of carbonyl (C=O) groups is 1. The van der Waals surface area contributed by atoms with Gasteiger partial charge in [0.2, 0.25) is 5.91 Å². The molecule has 0 bridgehead atoms. The van der Waals surface area contributed by atoms with E-state index < -0.39 is 0 Å². The summed E-state index contributed by atoms with van der Waals surface area (Å²) in [7, 11) is 0. The number of aryl methyl sites for hydroxylation is 1. The highest BCUT2D eigenvalue weighted by Crippen LogP contribution is 2.25. The summed E-state index contributed by atoms with van der Waals surface area (Å²) in [6.45, 7) is 3.89. The van der Waals surface area contributed by atoms with Crippen molar-refractivity contribution in [3.05, 3.63) is 57.8 Å². The minimum Gasteiger partial charge on any atom is -0.489 e. The van der Waals surface area contributed by atoms with Crippen molar-refractivity contribution >= 4 is 29.1 Å². The Bertz CT molecular complexity index is 763. The van der Waals surface area contributed by atoms with Crippen LogP contribution in [0, 0.1) is 6.92 Å². The van der Waals surface area contributed by atoms with Gasteiger partial charge in [-0.25, -0.2) is 0 Å². The standard InChI is InChI=1S/C20H22Cl2N2O3/c1-14-5-6-15(11-23-14)27-13-16-12-24(9-10-26-16)20(25)8-7-17-18(21)3-2-4-19(17)22/h2-6,11,16H,7-10,12-13H2,1H3. The average molecular weight is 409 g/mol. The molecule has 1 atom stereocenters. The van der Waals surface area contributed by atoms with Gasteiger partial charge in [0.05, 0.1) is 19.3 Å². The van der Waals surface area contributed by atoms with Crippen LogP contribution in [0.25, 0.3) is 0 Å². The topological polar surface area (TPSA) is 51.7 Å². The van der Waals surface area contributed by atoms with Crippen LogP contribution in [0.5, 0.6) is 5.75 Å². The molecule has 3 rings (SSSR count). The quantitative estimate of drug-likeness (QED) is 0.726. The fourth-order valence-electron chi connectivity index (χ4n) is 2.94. The molecule has 1 fully saturated rings. The molecule has 0 aliphatic carbocycles. The van der Waals surface area contributed by atoms with Gasteiger partial charge in [-0.2, -0.15) is 0 Å². The maximum atomic E-state index is 12.6. The van der Waals surface area contributed by atoms with E-state index in [1.54, 1.807) is 24.4 Å².